The Labute approximate surface area is 124 Å². The number of benzene rings is 2. The van der Waals surface area contributed by atoms with E-state index in [2.05, 4.69) is 10.6 Å². The predicted molar refractivity (Wildman–Crippen MR) is 83.0 cm³/mol. The monoisotopic (exact) mass is 288 g/mol. The lowest BCUT2D eigenvalue weighted by Gasteiger charge is -2.10. The van der Waals surface area contributed by atoms with E-state index in [9.17, 15) is 4.79 Å². The van der Waals surface area contributed by atoms with Gasteiger partial charge in [-0.1, -0.05) is 41.9 Å². The van der Waals surface area contributed by atoms with Crippen molar-refractivity contribution in [2.75, 3.05) is 12.4 Å². The average molecular weight is 289 g/mol. The predicted octanol–water partition coefficient (Wildman–Crippen LogP) is 3.24. The van der Waals surface area contributed by atoms with Gasteiger partial charge in [-0.3, -0.25) is 4.79 Å². The summed E-state index contributed by atoms with van der Waals surface area (Å²) in [5.41, 5.74) is 2.81. The van der Waals surface area contributed by atoms with Gasteiger partial charge in [0.1, 0.15) is 0 Å². The Morgan fingerprint density at radius 3 is 2.70 bits per heavy atom. The van der Waals surface area contributed by atoms with Crippen LogP contribution in [0, 0.1) is 0 Å². The van der Waals surface area contributed by atoms with Gasteiger partial charge in [-0.05, 0) is 36.4 Å². The number of hydrogen-bond donors (Lipinski definition) is 2. The molecule has 0 atom stereocenters. The van der Waals surface area contributed by atoms with E-state index in [1.807, 2.05) is 43.4 Å². The Morgan fingerprint density at radius 2 is 1.95 bits per heavy atom. The van der Waals surface area contributed by atoms with Crippen LogP contribution in [0.1, 0.15) is 11.1 Å². The van der Waals surface area contributed by atoms with Gasteiger partial charge in [0.05, 0.1) is 6.42 Å². The highest BCUT2D eigenvalue weighted by Crippen LogP contribution is 2.16. The van der Waals surface area contributed by atoms with E-state index in [0.717, 1.165) is 16.8 Å². The highest BCUT2D eigenvalue weighted by molar-refractivity contribution is 6.30. The van der Waals surface area contributed by atoms with Crippen LogP contribution in [0.25, 0.3) is 0 Å². The number of carbonyl (C=O) groups excluding carboxylic acids is 1. The number of para-hydroxylation sites is 1. The molecule has 0 saturated carbocycles. The molecular formula is C16H17ClN2O. The molecule has 0 unspecified atom stereocenters. The van der Waals surface area contributed by atoms with Crippen LogP contribution in [-0.4, -0.2) is 13.0 Å². The smallest absolute Gasteiger partial charge is 0.228 e. The van der Waals surface area contributed by atoms with Crippen molar-refractivity contribution in [2.45, 2.75) is 13.0 Å². The summed E-state index contributed by atoms with van der Waals surface area (Å²) in [7, 11) is 1.88. The van der Waals surface area contributed by atoms with Gasteiger partial charge in [0, 0.05) is 17.3 Å². The lowest BCUT2D eigenvalue weighted by atomic mass is 10.1. The van der Waals surface area contributed by atoms with Crippen LogP contribution in [0.15, 0.2) is 48.5 Å². The first kappa shape index (κ1) is 14.6. The molecule has 0 radical (unpaired) electrons. The molecule has 1 amide bonds. The summed E-state index contributed by atoms with van der Waals surface area (Å²) in [6.07, 6.45) is 0.314. The van der Waals surface area contributed by atoms with E-state index >= 15 is 0 Å². The summed E-state index contributed by atoms with van der Waals surface area (Å²) in [5.74, 6) is -0.0455. The summed E-state index contributed by atoms with van der Waals surface area (Å²) in [6, 6.07) is 15.1. The minimum absolute atomic E-state index is 0.0455. The summed E-state index contributed by atoms with van der Waals surface area (Å²) < 4.78 is 0. The first-order valence-corrected chi connectivity index (χ1v) is 6.83. The standard InChI is InChI=1S/C16H17ClN2O/c1-18-11-13-6-2-3-8-15(13)19-16(20)10-12-5-4-7-14(17)9-12/h2-9,18H,10-11H2,1H3,(H,19,20). The molecule has 0 bridgehead atoms. The average Bonchev–Trinajstić information content (AvgIpc) is 2.41. The second kappa shape index (κ2) is 7.08. The number of nitrogens with one attached hydrogen (secondary N) is 2. The zero-order chi connectivity index (χ0) is 14.4. The van der Waals surface area contributed by atoms with Gasteiger partial charge in [0.2, 0.25) is 5.91 Å². The van der Waals surface area contributed by atoms with E-state index in [1.54, 1.807) is 12.1 Å². The van der Waals surface area contributed by atoms with Gasteiger partial charge in [-0.2, -0.15) is 0 Å². The van der Waals surface area contributed by atoms with Crippen LogP contribution in [-0.2, 0) is 17.8 Å². The number of carbonyl (C=O) groups is 1. The number of halogens is 1. The third-order valence-corrected chi connectivity index (χ3v) is 3.15. The van der Waals surface area contributed by atoms with Gasteiger partial charge in [-0.15, -0.1) is 0 Å². The lowest BCUT2D eigenvalue weighted by Crippen LogP contribution is -2.17. The van der Waals surface area contributed by atoms with E-state index in [-0.39, 0.29) is 5.91 Å². The molecule has 0 fully saturated rings. The first-order valence-electron chi connectivity index (χ1n) is 6.46. The Kier molecular flexibility index (Phi) is 5.16. The molecule has 0 aromatic heterocycles. The molecular weight excluding hydrogens is 272 g/mol. The molecule has 2 rings (SSSR count). The van der Waals surface area contributed by atoms with Crippen molar-refractivity contribution in [1.29, 1.82) is 0 Å². The summed E-state index contributed by atoms with van der Waals surface area (Å²) >= 11 is 5.91. The Morgan fingerprint density at radius 1 is 1.15 bits per heavy atom. The first-order chi connectivity index (χ1) is 9.69. The maximum absolute atomic E-state index is 12.1. The van der Waals surface area contributed by atoms with Crippen LogP contribution in [0.4, 0.5) is 5.69 Å². The third kappa shape index (κ3) is 4.08. The molecule has 2 aromatic rings. The van der Waals surface area contributed by atoms with Gasteiger partial charge in [0.25, 0.3) is 0 Å². The van der Waals surface area contributed by atoms with E-state index in [1.165, 1.54) is 0 Å². The molecule has 104 valence electrons. The van der Waals surface area contributed by atoms with Crippen molar-refractivity contribution in [3.05, 3.63) is 64.7 Å². The number of hydrogen-bond acceptors (Lipinski definition) is 2. The molecule has 2 aromatic carbocycles. The maximum atomic E-state index is 12.1. The quantitative estimate of drug-likeness (QED) is 0.887. The van der Waals surface area contributed by atoms with Crippen molar-refractivity contribution in [2.24, 2.45) is 0 Å². The molecule has 0 saturated heterocycles. The topological polar surface area (TPSA) is 41.1 Å². The second-order valence-corrected chi connectivity index (χ2v) is 4.98. The van der Waals surface area contributed by atoms with E-state index in [0.29, 0.717) is 18.0 Å². The summed E-state index contributed by atoms with van der Waals surface area (Å²) in [4.78, 5) is 12.1. The lowest BCUT2D eigenvalue weighted by molar-refractivity contribution is -0.115. The second-order valence-electron chi connectivity index (χ2n) is 4.54. The summed E-state index contributed by atoms with van der Waals surface area (Å²) in [6.45, 7) is 0.716. The van der Waals surface area contributed by atoms with Gasteiger partial charge in [0.15, 0.2) is 0 Å². The van der Waals surface area contributed by atoms with Crippen LogP contribution in [0.3, 0.4) is 0 Å². The molecule has 0 aliphatic carbocycles. The Bertz CT molecular complexity index is 599. The van der Waals surface area contributed by atoms with Crippen LogP contribution in [0.5, 0.6) is 0 Å². The zero-order valence-corrected chi connectivity index (χ0v) is 12.1. The molecule has 0 aliphatic rings. The summed E-state index contributed by atoms with van der Waals surface area (Å²) in [5, 5.41) is 6.67. The fourth-order valence-electron chi connectivity index (χ4n) is 2.01. The minimum Gasteiger partial charge on any atom is -0.325 e. The third-order valence-electron chi connectivity index (χ3n) is 2.91. The SMILES string of the molecule is CNCc1ccccc1NC(=O)Cc1cccc(Cl)c1. The van der Waals surface area contributed by atoms with Crippen molar-refractivity contribution in [3.63, 3.8) is 0 Å². The van der Waals surface area contributed by atoms with E-state index in [4.69, 9.17) is 11.6 Å². The van der Waals surface area contributed by atoms with Crippen molar-refractivity contribution in [3.8, 4) is 0 Å². The van der Waals surface area contributed by atoms with E-state index < -0.39 is 0 Å². The molecule has 3 nitrogen and oxygen atoms in total. The highest BCUT2D eigenvalue weighted by Gasteiger charge is 2.07. The van der Waals surface area contributed by atoms with Crippen LogP contribution < -0.4 is 10.6 Å². The van der Waals surface area contributed by atoms with Gasteiger partial charge < -0.3 is 10.6 Å². The van der Waals surface area contributed by atoms with Crippen LogP contribution >= 0.6 is 11.6 Å². The molecule has 0 heterocycles. The number of amides is 1. The molecule has 0 aliphatic heterocycles. The van der Waals surface area contributed by atoms with Crippen LogP contribution in [0.2, 0.25) is 5.02 Å². The fraction of sp³-hybridized carbons (Fsp3) is 0.188. The largest absolute Gasteiger partial charge is 0.325 e. The molecule has 20 heavy (non-hydrogen) atoms. The Balaban J connectivity index is 2.05. The number of rotatable bonds is 5. The molecule has 4 heteroatoms. The minimum atomic E-state index is -0.0455. The Hall–Kier alpha value is -1.84. The zero-order valence-electron chi connectivity index (χ0n) is 11.3. The highest BCUT2D eigenvalue weighted by atomic mass is 35.5. The fourth-order valence-corrected chi connectivity index (χ4v) is 2.23. The normalized spacial score (nSPS) is 10.3. The van der Waals surface area contributed by atoms with Gasteiger partial charge >= 0.3 is 0 Å². The number of anilines is 1. The van der Waals surface area contributed by atoms with Crippen molar-refractivity contribution < 1.29 is 4.79 Å². The maximum Gasteiger partial charge on any atom is 0.228 e. The van der Waals surface area contributed by atoms with Gasteiger partial charge in [-0.25, -0.2) is 0 Å². The molecule has 0 spiro atoms. The molecule has 2 N–H and O–H groups in total. The van der Waals surface area contributed by atoms with Crippen molar-refractivity contribution in [1.82, 2.24) is 5.32 Å². The van der Waals surface area contributed by atoms with Crippen molar-refractivity contribution >= 4 is 23.2 Å².